The van der Waals surface area contributed by atoms with E-state index >= 15 is 0 Å². The second-order valence-electron chi connectivity index (χ2n) is 3.86. The molecule has 2 heterocycles. The molecule has 1 N–H and O–H groups in total. The molecule has 1 aromatic rings. The first-order chi connectivity index (χ1) is 5.95. The van der Waals surface area contributed by atoms with Crippen LogP contribution < -0.4 is 5.32 Å². The molecule has 0 radical (unpaired) electrons. The van der Waals surface area contributed by atoms with E-state index in [0.29, 0.717) is 6.04 Å². The highest BCUT2D eigenvalue weighted by molar-refractivity contribution is 5.37. The minimum absolute atomic E-state index is 0.659. The van der Waals surface area contributed by atoms with Gasteiger partial charge in [-0.05, 0) is 29.9 Å². The summed E-state index contributed by atoms with van der Waals surface area (Å²) in [5.74, 6) is 0.797. The van der Waals surface area contributed by atoms with Gasteiger partial charge in [0.2, 0.25) is 0 Å². The molecule has 4 rings (SSSR count). The number of rotatable bonds is 0. The Morgan fingerprint density at radius 1 is 1.08 bits per heavy atom. The molecule has 3 aliphatic rings. The maximum Gasteiger partial charge on any atom is 0.0323 e. The Morgan fingerprint density at radius 3 is 2.58 bits per heavy atom. The van der Waals surface area contributed by atoms with E-state index in [4.69, 9.17) is 0 Å². The summed E-state index contributed by atoms with van der Waals surface area (Å²) in [4.78, 5) is 0. The molecule has 1 aliphatic carbocycles. The largest absolute Gasteiger partial charge is 0.309 e. The van der Waals surface area contributed by atoms with Crippen LogP contribution in [0, 0.1) is 0 Å². The zero-order valence-electron chi connectivity index (χ0n) is 7.09. The van der Waals surface area contributed by atoms with Gasteiger partial charge < -0.3 is 5.32 Å². The van der Waals surface area contributed by atoms with Gasteiger partial charge in [0.1, 0.15) is 0 Å². The number of fused-ring (bicyclic) bond motifs is 2. The van der Waals surface area contributed by atoms with E-state index in [1.807, 2.05) is 0 Å². The van der Waals surface area contributed by atoms with Crippen LogP contribution in [-0.4, -0.2) is 6.54 Å². The lowest BCUT2D eigenvalue weighted by Gasteiger charge is -2.39. The minimum Gasteiger partial charge on any atom is -0.309 e. The van der Waals surface area contributed by atoms with Gasteiger partial charge >= 0.3 is 0 Å². The summed E-state index contributed by atoms with van der Waals surface area (Å²) in [5.41, 5.74) is 3.16. The maximum absolute atomic E-state index is 3.57. The first-order valence-corrected chi connectivity index (χ1v) is 4.77. The molecule has 0 unspecified atom stereocenters. The number of hydrogen-bond donors (Lipinski definition) is 1. The van der Waals surface area contributed by atoms with Crippen LogP contribution in [-0.2, 0) is 0 Å². The van der Waals surface area contributed by atoms with Crippen molar-refractivity contribution in [2.45, 2.75) is 24.8 Å². The molecular formula is C11H13N. The quantitative estimate of drug-likeness (QED) is 0.612. The fourth-order valence-corrected chi connectivity index (χ4v) is 2.59. The first kappa shape index (κ1) is 6.67. The molecule has 12 heavy (non-hydrogen) atoms. The molecule has 2 bridgehead atoms. The van der Waals surface area contributed by atoms with Crippen LogP contribution >= 0.6 is 0 Å². The van der Waals surface area contributed by atoms with Gasteiger partial charge in [0, 0.05) is 12.6 Å². The summed E-state index contributed by atoms with van der Waals surface area (Å²) in [6, 6.07) is 9.55. The van der Waals surface area contributed by atoms with Gasteiger partial charge in [-0.2, -0.15) is 0 Å². The molecule has 1 heteroatoms. The van der Waals surface area contributed by atoms with E-state index in [0.717, 1.165) is 5.92 Å². The Labute approximate surface area is 72.8 Å². The predicted molar refractivity (Wildman–Crippen MR) is 49.2 cm³/mol. The van der Waals surface area contributed by atoms with Crippen LogP contribution in [0.4, 0.5) is 0 Å². The molecule has 2 aliphatic heterocycles. The predicted octanol–water partition coefficient (Wildman–Crippen LogP) is 2.21. The van der Waals surface area contributed by atoms with Crippen LogP contribution in [0.1, 0.15) is 35.9 Å². The SMILES string of the molecule is c1ccc2c(c1)[C@@H]1CC[C@@H]2NC1. The van der Waals surface area contributed by atoms with Gasteiger partial charge in [0.25, 0.3) is 0 Å². The van der Waals surface area contributed by atoms with Crippen molar-refractivity contribution < 1.29 is 0 Å². The topological polar surface area (TPSA) is 12.0 Å². The van der Waals surface area contributed by atoms with Gasteiger partial charge in [-0.15, -0.1) is 0 Å². The minimum atomic E-state index is 0.659. The Morgan fingerprint density at radius 2 is 1.92 bits per heavy atom. The van der Waals surface area contributed by atoms with Crippen LogP contribution in [0.5, 0.6) is 0 Å². The number of piperidine rings is 1. The Bertz CT molecular complexity index is 267. The highest BCUT2D eigenvalue weighted by Gasteiger charge is 2.31. The molecule has 0 saturated carbocycles. The molecular weight excluding hydrogens is 146 g/mol. The zero-order chi connectivity index (χ0) is 7.97. The van der Waals surface area contributed by atoms with Gasteiger partial charge in [0.15, 0.2) is 0 Å². The van der Waals surface area contributed by atoms with E-state index in [-0.39, 0.29) is 0 Å². The first-order valence-electron chi connectivity index (χ1n) is 4.77. The number of benzene rings is 1. The second-order valence-corrected chi connectivity index (χ2v) is 3.86. The Kier molecular flexibility index (Phi) is 1.30. The van der Waals surface area contributed by atoms with Crippen molar-refractivity contribution >= 4 is 0 Å². The van der Waals surface area contributed by atoms with Crippen molar-refractivity contribution in [2.24, 2.45) is 0 Å². The third kappa shape index (κ3) is 0.774. The monoisotopic (exact) mass is 159 g/mol. The molecule has 1 nitrogen and oxygen atoms in total. The highest BCUT2D eigenvalue weighted by Crippen LogP contribution is 2.40. The number of hydrogen-bond acceptors (Lipinski definition) is 1. The van der Waals surface area contributed by atoms with Crippen LogP contribution in [0.15, 0.2) is 24.3 Å². The van der Waals surface area contributed by atoms with E-state index in [9.17, 15) is 0 Å². The van der Waals surface area contributed by atoms with Gasteiger partial charge in [0.05, 0.1) is 0 Å². The van der Waals surface area contributed by atoms with Crippen molar-refractivity contribution in [3.63, 3.8) is 0 Å². The summed E-state index contributed by atoms with van der Waals surface area (Å²) < 4.78 is 0. The average molecular weight is 159 g/mol. The fraction of sp³-hybridized carbons (Fsp3) is 0.455. The van der Waals surface area contributed by atoms with Gasteiger partial charge in [-0.25, -0.2) is 0 Å². The fourth-order valence-electron chi connectivity index (χ4n) is 2.59. The maximum atomic E-state index is 3.57. The van der Waals surface area contributed by atoms with E-state index < -0.39 is 0 Å². The van der Waals surface area contributed by atoms with Crippen LogP contribution in [0.25, 0.3) is 0 Å². The van der Waals surface area contributed by atoms with E-state index in [1.54, 1.807) is 11.1 Å². The Hall–Kier alpha value is -0.820. The average Bonchev–Trinajstić information content (AvgIpc) is 2.20. The van der Waals surface area contributed by atoms with Crippen LogP contribution in [0.2, 0.25) is 0 Å². The molecule has 0 amide bonds. The van der Waals surface area contributed by atoms with E-state index in [2.05, 4.69) is 29.6 Å². The molecule has 62 valence electrons. The lowest BCUT2D eigenvalue weighted by molar-refractivity contribution is 0.338. The molecule has 2 atom stereocenters. The van der Waals surface area contributed by atoms with Crippen LogP contribution in [0.3, 0.4) is 0 Å². The molecule has 0 aromatic heterocycles. The highest BCUT2D eigenvalue weighted by atomic mass is 14.9. The van der Waals surface area contributed by atoms with Crippen molar-refractivity contribution in [1.29, 1.82) is 0 Å². The van der Waals surface area contributed by atoms with Gasteiger partial charge in [-0.1, -0.05) is 24.3 Å². The normalized spacial score (nSPS) is 31.7. The molecule has 1 saturated heterocycles. The third-order valence-electron chi connectivity index (χ3n) is 3.23. The molecule has 1 fully saturated rings. The third-order valence-corrected chi connectivity index (χ3v) is 3.23. The van der Waals surface area contributed by atoms with Crippen molar-refractivity contribution in [1.82, 2.24) is 5.32 Å². The smallest absolute Gasteiger partial charge is 0.0323 e. The number of nitrogens with one attached hydrogen (secondary N) is 1. The van der Waals surface area contributed by atoms with Gasteiger partial charge in [-0.3, -0.25) is 0 Å². The summed E-state index contributed by atoms with van der Waals surface area (Å²) >= 11 is 0. The summed E-state index contributed by atoms with van der Waals surface area (Å²) in [6.45, 7) is 1.20. The molecule has 1 aromatic carbocycles. The lowest BCUT2D eigenvalue weighted by Crippen LogP contribution is -2.38. The molecule has 0 spiro atoms. The Balaban J connectivity index is 2.19. The van der Waals surface area contributed by atoms with E-state index in [1.165, 1.54) is 19.4 Å². The summed E-state index contributed by atoms with van der Waals surface area (Å²) in [7, 11) is 0. The summed E-state index contributed by atoms with van der Waals surface area (Å²) in [6.07, 6.45) is 2.72. The van der Waals surface area contributed by atoms with Crippen molar-refractivity contribution in [2.75, 3.05) is 6.54 Å². The standard InChI is InChI=1S/C11H13N/c1-2-4-10-9(3-1)8-5-6-11(10)12-7-8/h1-4,8,11-12H,5-7H2/t8-,11+/m1/s1. The second kappa shape index (κ2) is 2.33. The van der Waals surface area contributed by atoms with Crippen molar-refractivity contribution in [3.8, 4) is 0 Å². The van der Waals surface area contributed by atoms with Crippen molar-refractivity contribution in [3.05, 3.63) is 35.4 Å². The summed E-state index contributed by atoms with van der Waals surface area (Å²) in [5, 5.41) is 3.57. The lowest BCUT2D eigenvalue weighted by atomic mass is 9.76. The zero-order valence-corrected chi connectivity index (χ0v) is 7.09.